The van der Waals surface area contributed by atoms with Gasteiger partial charge in [0, 0.05) is 12.1 Å². The summed E-state index contributed by atoms with van der Waals surface area (Å²) in [5.41, 5.74) is -0.254. The van der Waals surface area contributed by atoms with Crippen molar-refractivity contribution in [3.8, 4) is 5.75 Å². The van der Waals surface area contributed by atoms with Crippen LogP contribution in [0.1, 0.15) is 12.6 Å². The van der Waals surface area contributed by atoms with Crippen molar-refractivity contribution in [1.29, 1.82) is 0 Å². The number of thioether (sulfide) groups is 1. The van der Waals surface area contributed by atoms with E-state index < -0.39 is 28.4 Å². The van der Waals surface area contributed by atoms with Crippen LogP contribution in [0.2, 0.25) is 0 Å². The number of halogens is 2. The first-order valence-electron chi connectivity index (χ1n) is 8.61. The van der Waals surface area contributed by atoms with E-state index in [4.69, 9.17) is 4.74 Å². The summed E-state index contributed by atoms with van der Waals surface area (Å²) >= 11 is 0.981. The molecular weight excluding hydrogens is 400 g/mol. The van der Waals surface area contributed by atoms with Gasteiger partial charge in [0.15, 0.2) is 5.16 Å². The van der Waals surface area contributed by atoms with Gasteiger partial charge in [-0.05, 0) is 31.2 Å². The predicted molar refractivity (Wildman–Crippen MR) is 106 cm³/mol. The average Bonchev–Trinajstić information content (AvgIpc) is 2.69. The molecule has 0 saturated heterocycles. The van der Waals surface area contributed by atoms with Gasteiger partial charge in [-0.2, -0.15) is 0 Å². The number of nitrogens with one attached hydrogen (secondary N) is 2. The molecule has 1 aromatic heterocycles. The number of aromatic amines is 1. The molecule has 6 nitrogen and oxygen atoms in total. The van der Waals surface area contributed by atoms with E-state index in [-0.39, 0.29) is 17.5 Å². The number of hydrogen-bond donors (Lipinski definition) is 2. The summed E-state index contributed by atoms with van der Waals surface area (Å²) in [7, 11) is 0. The number of hydrogen-bond acceptors (Lipinski definition) is 5. The number of ether oxygens (including phenoxy) is 1. The van der Waals surface area contributed by atoms with E-state index in [0.717, 1.165) is 30.0 Å². The molecule has 1 amide bonds. The first kappa shape index (κ1) is 20.5. The highest BCUT2D eigenvalue weighted by atomic mass is 32.2. The number of rotatable bonds is 7. The first-order chi connectivity index (χ1) is 13.9. The minimum Gasteiger partial charge on any atom is -0.487 e. The van der Waals surface area contributed by atoms with Crippen LogP contribution in [0, 0.1) is 11.6 Å². The Labute approximate surface area is 169 Å². The molecule has 0 saturated carbocycles. The van der Waals surface area contributed by atoms with E-state index in [2.05, 4.69) is 15.3 Å². The zero-order valence-electron chi connectivity index (χ0n) is 15.3. The molecule has 0 aliphatic carbocycles. The zero-order chi connectivity index (χ0) is 20.8. The molecule has 3 aromatic rings. The molecule has 1 unspecified atom stereocenters. The Morgan fingerprint density at radius 3 is 2.72 bits per heavy atom. The molecule has 1 heterocycles. The van der Waals surface area contributed by atoms with E-state index in [1.165, 1.54) is 6.07 Å². The summed E-state index contributed by atoms with van der Waals surface area (Å²) in [5.74, 6) is -1.34. The molecule has 3 rings (SSSR count). The molecule has 0 bridgehead atoms. The number of benzene rings is 2. The number of nitrogens with zero attached hydrogens (tertiary/aromatic N) is 1. The van der Waals surface area contributed by atoms with E-state index >= 15 is 0 Å². The maximum atomic E-state index is 13.7. The minimum atomic E-state index is -0.747. The van der Waals surface area contributed by atoms with Gasteiger partial charge in [0.05, 0.1) is 16.6 Å². The summed E-state index contributed by atoms with van der Waals surface area (Å²) in [6.07, 6.45) is 0. The van der Waals surface area contributed by atoms with Crippen molar-refractivity contribution in [2.45, 2.75) is 23.9 Å². The lowest BCUT2D eigenvalue weighted by Crippen LogP contribution is -2.24. The van der Waals surface area contributed by atoms with Crippen molar-refractivity contribution in [3.05, 3.63) is 82.3 Å². The second-order valence-electron chi connectivity index (χ2n) is 6.02. The molecule has 0 fully saturated rings. The molecule has 0 aliphatic rings. The SMILES string of the molecule is CC(Sc1nc(COc2ccccc2)cc(=O)[nH]1)C(=O)Nc1cc(F)ccc1F. The van der Waals surface area contributed by atoms with Crippen molar-refractivity contribution in [1.82, 2.24) is 9.97 Å². The van der Waals surface area contributed by atoms with Crippen LogP contribution >= 0.6 is 11.8 Å². The second kappa shape index (κ2) is 9.33. The second-order valence-corrected chi connectivity index (χ2v) is 7.35. The van der Waals surface area contributed by atoms with Crippen molar-refractivity contribution < 1.29 is 18.3 Å². The van der Waals surface area contributed by atoms with Gasteiger partial charge in [-0.3, -0.25) is 9.59 Å². The van der Waals surface area contributed by atoms with E-state index in [1.54, 1.807) is 19.1 Å². The molecule has 1 atom stereocenters. The smallest absolute Gasteiger partial charge is 0.251 e. The number of carbonyl (C=O) groups excluding carboxylic acids is 1. The maximum Gasteiger partial charge on any atom is 0.251 e. The Morgan fingerprint density at radius 1 is 1.21 bits per heavy atom. The first-order valence-corrected chi connectivity index (χ1v) is 9.49. The Hall–Kier alpha value is -3.20. The number of para-hydroxylation sites is 1. The van der Waals surface area contributed by atoms with Crippen molar-refractivity contribution >= 4 is 23.4 Å². The molecule has 150 valence electrons. The number of carbonyl (C=O) groups is 1. The van der Waals surface area contributed by atoms with Gasteiger partial charge in [-0.15, -0.1) is 0 Å². The predicted octanol–water partition coefficient (Wildman–Crippen LogP) is 3.75. The van der Waals surface area contributed by atoms with Crippen LogP contribution < -0.4 is 15.6 Å². The number of aromatic nitrogens is 2. The summed E-state index contributed by atoms with van der Waals surface area (Å²) < 4.78 is 32.5. The molecule has 0 aliphatic heterocycles. The highest BCUT2D eigenvalue weighted by molar-refractivity contribution is 8.00. The topological polar surface area (TPSA) is 84.1 Å². The summed E-state index contributed by atoms with van der Waals surface area (Å²) in [4.78, 5) is 31.0. The van der Waals surface area contributed by atoms with Crippen LogP contribution in [0.5, 0.6) is 5.75 Å². The molecule has 2 aromatic carbocycles. The zero-order valence-corrected chi connectivity index (χ0v) is 16.1. The molecule has 0 spiro atoms. The Bertz CT molecular complexity index is 1060. The summed E-state index contributed by atoms with van der Waals surface area (Å²) in [5, 5.41) is 1.81. The number of anilines is 1. The maximum absolute atomic E-state index is 13.7. The Morgan fingerprint density at radius 2 is 1.97 bits per heavy atom. The van der Waals surface area contributed by atoms with E-state index in [0.29, 0.717) is 11.4 Å². The van der Waals surface area contributed by atoms with Crippen LogP contribution in [0.25, 0.3) is 0 Å². The molecule has 0 radical (unpaired) electrons. The van der Waals surface area contributed by atoms with Crippen LogP contribution in [0.15, 0.2) is 64.5 Å². The monoisotopic (exact) mass is 417 g/mol. The van der Waals surface area contributed by atoms with Crippen LogP contribution in [0.4, 0.5) is 14.5 Å². The van der Waals surface area contributed by atoms with Crippen LogP contribution in [0.3, 0.4) is 0 Å². The van der Waals surface area contributed by atoms with Crippen molar-refractivity contribution in [2.24, 2.45) is 0 Å². The van der Waals surface area contributed by atoms with Gasteiger partial charge in [0.25, 0.3) is 5.56 Å². The van der Waals surface area contributed by atoms with E-state index in [1.807, 2.05) is 18.2 Å². The molecule has 9 heteroatoms. The third-order valence-electron chi connectivity index (χ3n) is 3.75. The standard InChI is InChI=1S/C20H17F2N3O3S/c1-12(19(27)24-17-9-13(21)7-8-16(17)22)29-20-23-14(10-18(26)25-20)11-28-15-5-3-2-4-6-15/h2-10,12H,11H2,1H3,(H,24,27)(H,23,25,26). The molecule has 29 heavy (non-hydrogen) atoms. The van der Waals surface area contributed by atoms with Gasteiger partial charge in [-0.25, -0.2) is 13.8 Å². The van der Waals surface area contributed by atoms with Crippen LogP contribution in [-0.2, 0) is 11.4 Å². The number of amides is 1. The van der Waals surface area contributed by atoms with Gasteiger partial charge in [0.2, 0.25) is 5.91 Å². The quantitative estimate of drug-likeness (QED) is 0.452. The van der Waals surface area contributed by atoms with Gasteiger partial charge < -0.3 is 15.0 Å². The Balaban J connectivity index is 1.65. The fraction of sp³-hybridized carbons (Fsp3) is 0.150. The highest BCUT2D eigenvalue weighted by Gasteiger charge is 2.18. The lowest BCUT2D eigenvalue weighted by atomic mass is 10.3. The third kappa shape index (κ3) is 5.89. The lowest BCUT2D eigenvalue weighted by molar-refractivity contribution is -0.115. The Kier molecular flexibility index (Phi) is 6.61. The average molecular weight is 417 g/mol. The number of H-pyrrole nitrogens is 1. The van der Waals surface area contributed by atoms with E-state index in [9.17, 15) is 18.4 Å². The fourth-order valence-electron chi connectivity index (χ4n) is 2.34. The lowest BCUT2D eigenvalue weighted by Gasteiger charge is -2.12. The normalized spacial score (nSPS) is 11.7. The minimum absolute atomic E-state index is 0.0799. The van der Waals surface area contributed by atoms with Gasteiger partial charge >= 0.3 is 0 Å². The highest BCUT2D eigenvalue weighted by Crippen LogP contribution is 2.22. The third-order valence-corrected chi connectivity index (χ3v) is 4.73. The van der Waals surface area contributed by atoms with Crippen molar-refractivity contribution in [2.75, 3.05) is 5.32 Å². The summed E-state index contributed by atoms with van der Waals surface area (Å²) in [6, 6.07) is 13.1. The van der Waals surface area contributed by atoms with Crippen LogP contribution in [-0.4, -0.2) is 21.1 Å². The summed E-state index contributed by atoms with van der Waals surface area (Å²) in [6.45, 7) is 1.64. The fourth-order valence-corrected chi connectivity index (χ4v) is 3.17. The van der Waals surface area contributed by atoms with Gasteiger partial charge in [0.1, 0.15) is 24.0 Å². The van der Waals surface area contributed by atoms with Gasteiger partial charge in [-0.1, -0.05) is 30.0 Å². The largest absolute Gasteiger partial charge is 0.487 e. The molecular formula is C20H17F2N3O3S. The molecule has 2 N–H and O–H groups in total. The van der Waals surface area contributed by atoms with Crippen molar-refractivity contribution in [3.63, 3.8) is 0 Å².